The number of hydrogen-bond acceptors (Lipinski definition) is 6. The van der Waals surface area contributed by atoms with E-state index in [1.165, 1.54) is 24.1 Å². The first kappa shape index (κ1) is 24.1. The Morgan fingerprint density at radius 3 is 2.40 bits per heavy atom. The second-order valence-corrected chi connectivity index (χ2v) is 11.3. The van der Waals surface area contributed by atoms with Crippen molar-refractivity contribution in [3.63, 3.8) is 0 Å². The average molecular weight is 589 g/mol. The van der Waals surface area contributed by atoms with Gasteiger partial charge in [-0.3, -0.25) is 0 Å². The highest BCUT2D eigenvalue weighted by molar-refractivity contribution is 14.1. The van der Waals surface area contributed by atoms with E-state index in [0.717, 1.165) is 39.1 Å². The number of fused-ring (bicyclic) bond motifs is 1. The van der Waals surface area contributed by atoms with E-state index in [9.17, 15) is 4.79 Å². The minimum absolute atomic E-state index is 0.235. The third-order valence-electron chi connectivity index (χ3n) is 6.48. The first-order valence-corrected chi connectivity index (χ1v) is 13.2. The summed E-state index contributed by atoms with van der Waals surface area (Å²) in [6, 6.07) is 8.07. The maximum absolute atomic E-state index is 12.6. The maximum Gasteiger partial charge on any atom is 0.410 e. The minimum atomic E-state index is -0.487. The molecule has 3 aromatic rings. The van der Waals surface area contributed by atoms with Gasteiger partial charge in [0.05, 0.1) is 24.7 Å². The summed E-state index contributed by atoms with van der Waals surface area (Å²) in [5, 5.41) is 6.01. The van der Waals surface area contributed by atoms with Crippen molar-refractivity contribution in [2.45, 2.75) is 51.7 Å². The van der Waals surface area contributed by atoms with Crippen molar-refractivity contribution in [1.29, 1.82) is 0 Å². The fourth-order valence-electron chi connectivity index (χ4n) is 4.58. The highest BCUT2D eigenvalue weighted by Gasteiger charge is 2.33. The van der Waals surface area contributed by atoms with E-state index in [4.69, 9.17) is 19.6 Å². The Morgan fingerprint density at radius 2 is 1.80 bits per heavy atom. The van der Waals surface area contributed by atoms with Gasteiger partial charge in [0.25, 0.3) is 0 Å². The highest BCUT2D eigenvalue weighted by Crippen LogP contribution is 2.47. The number of hydrogen-bond donors (Lipinski definition) is 0. The molecule has 2 aromatic heterocycles. The number of carbonyl (C=O) groups is 1. The number of ether oxygens (including phenoxy) is 2. The number of rotatable bonds is 5. The number of methoxy groups -OCH3 is 1. The predicted octanol–water partition coefficient (Wildman–Crippen LogP) is 5.03. The van der Waals surface area contributed by atoms with Crippen LogP contribution in [0.25, 0.3) is 11.0 Å². The van der Waals surface area contributed by atoms with Gasteiger partial charge in [-0.1, -0.05) is 12.1 Å². The molecule has 1 aliphatic carbocycles. The molecule has 2 fully saturated rings. The van der Waals surface area contributed by atoms with Crippen molar-refractivity contribution in [2.75, 3.05) is 38.2 Å². The van der Waals surface area contributed by atoms with Crippen LogP contribution in [0.2, 0.25) is 0 Å². The van der Waals surface area contributed by atoms with Crippen LogP contribution >= 0.6 is 22.6 Å². The Bertz CT molecular complexity index is 1220. The van der Waals surface area contributed by atoms with Crippen LogP contribution < -0.4 is 9.64 Å². The zero-order valence-electron chi connectivity index (χ0n) is 20.8. The zero-order valence-corrected chi connectivity index (χ0v) is 22.9. The lowest BCUT2D eigenvalue weighted by atomic mass is 10.1. The molecule has 0 N–H and O–H groups in total. The Labute approximate surface area is 219 Å². The fraction of sp³-hybridized carbons (Fsp3) is 0.500. The van der Waals surface area contributed by atoms with Crippen molar-refractivity contribution in [1.82, 2.24) is 19.7 Å². The molecule has 3 heterocycles. The molecule has 9 heteroatoms. The van der Waals surface area contributed by atoms with Gasteiger partial charge in [-0.15, -0.1) is 0 Å². The number of carbonyl (C=O) groups excluding carboxylic acids is 1. The number of amides is 1. The zero-order chi connectivity index (χ0) is 24.7. The van der Waals surface area contributed by atoms with Gasteiger partial charge in [0, 0.05) is 32.4 Å². The van der Waals surface area contributed by atoms with Gasteiger partial charge >= 0.3 is 6.09 Å². The molecule has 186 valence electrons. The lowest BCUT2D eigenvalue weighted by molar-refractivity contribution is 0.0240. The molecule has 35 heavy (non-hydrogen) atoms. The number of anilines is 1. The van der Waals surface area contributed by atoms with Crippen LogP contribution in [0.3, 0.4) is 0 Å². The normalized spacial score (nSPS) is 16.6. The van der Waals surface area contributed by atoms with Crippen molar-refractivity contribution < 1.29 is 14.3 Å². The van der Waals surface area contributed by atoms with Crippen LogP contribution in [-0.2, 0) is 11.3 Å². The van der Waals surface area contributed by atoms with E-state index in [1.807, 2.05) is 42.5 Å². The molecule has 5 rings (SSSR count). The second kappa shape index (κ2) is 9.48. The van der Waals surface area contributed by atoms with Crippen LogP contribution in [0.5, 0.6) is 5.75 Å². The number of aromatic nitrogens is 3. The van der Waals surface area contributed by atoms with Gasteiger partial charge in [0.15, 0.2) is 5.65 Å². The molecule has 1 aliphatic heterocycles. The monoisotopic (exact) mass is 589 g/mol. The molecular weight excluding hydrogens is 557 g/mol. The lowest BCUT2D eigenvalue weighted by Crippen LogP contribution is -2.50. The molecule has 0 unspecified atom stereocenters. The first-order chi connectivity index (χ1) is 16.7. The molecule has 1 aromatic carbocycles. The summed E-state index contributed by atoms with van der Waals surface area (Å²) in [4.78, 5) is 21.7. The van der Waals surface area contributed by atoms with Gasteiger partial charge < -0.3 is 19.3 Å². The second-order valence-electron chi connectivity index (χ2n) is 10.3. The average Bonchev–Trinajstić information content (AvgIpc) is 3.63. The molecular formula is C26H32IN5O3. The Hall–Kier alpha value is -2.56. The molecule has 1 amide bonds. The Balaban J connectivity index is 1.43. The van der Waals surface area contributed by atoms with Crippen molar-refractivity contribution in [2.24, 2.45) is 0 Å². The van der Waals surface area contributed by atoms with Crippen LogP contribution in [0, 0.1) is 3.70 Å². The summed E-state index contributed by atoms with van der Waals surface area (Å²) >= 11 is 2.34. The van der Waals surface area contributed by atoms with Crippen LogP contribution in [0.1, 0.15) is 50.7 Å². The molecule has 1 saturated carbocycles. The maximum atomic E-state index is 12.6. The summed E-state index contributed by atoms with van der Waals surface area (Å²) in [6.07, 6.45) is 4.22. The molecule has 0 atom stereocenters. The quantitative estimate of drug-likeness (QED) is 0.389. The van der Waals surface area contributed by atoms with E-state index >= 15 is 0 Å². The smallest absolute Gasteiger partial charge is 0.410 e. The van der Waals surface area contributed by atoms with Gasteiger partial charge in [0.2, 0.25) is 0 Å². The fourth-order valence-corrected chi connectivity index (χ4v) is 5.34. The summed E-state index contributed by atoms with van der Waals surface area (Å²) in [5.41, 5.74) is 4.11. The number of piperazine rings is 1. The van der Waals surface area contributed by atoms with Gasteiger partial charge in [-0.25, -0.2) is 14.5 Å². The van der Waals surface area contributed by atoms with Gasteiger partial charge in [-0.2, -0.15) is 5.10 Å². The van der Waals surface area contributed by atoms with Gasteiger partial charge in [0.1, 0.15) is 15.1 Å². The summed E-state index contributed by atoms with van der Waals surface area (Å²) in [5.74, 6) is 1.40. The molecule has 0 spiro atoms. The van der Waals surface area contributed by atoms with Crippen molar-refractivity contribution >= 4 is 45.4 Å². The molecule has 2 aliphatic rings. The number of benzene rings is 1. The first-order valence-electron chi connectivity index (χ1n) is 12.1. The van der Waals surface area contributed by atoms with E-state index in [2.05, 4.69) is 45.8 Å². The number of pyridine rings is 1. The summed E-state index contributed by atoms with van der Waals surface area (Å²) in [6.45, 7) is 9.16. The number of halogens is 1. The predicted molar refractivity (Wildman–Crippen MR) is 144 cm³/mol. The van der Waals surface area contributed by atoms with Crippen molar-refractivity contribution in [3.8, 4) is 5.75 Å². The van der Waals surface area contributed by atoms with Crippen LogP contribution in [0.4, 0.5) is 10.5 Å². The highest BCUT2D eigenvalue weighted by atomic mass is 127. The molecule has 1 saturated heterocycles. The molecule has 0 bridgehead atoms. The SMILES string of the molecule is COc1ccc(Cn2nc(I)c3c(N4CCN(C(=O)OC(C)(C)C)CC4)c(C4CC4)cnc32)cc1. The minimum Gasteiger partial charge on any atom is -0.497 e. The van der Waals surface area contributed by atoms with Crippen LogP contribution in [0.15, 0.2) is 30.5 Å². The van der Waals surface area contributed by atoms with Crippen molar-refractivity contribution in [3.05, 3.63) is 45.3 Å². The standard InChI is InChI=1S/C26H32IN5O3/c1-26(2,3)35-25(33)31-13-11-30(12-14-31)22-20(18-7-8-18)15-28-24-21(22)23(27)29-32(24)16-17-5-9-19(34-4)10-6-17/h5-6,9-10,15,18H,7-8,11-14,16H2,1-4H3. The number of nitrogens with zero attached hydrogens (tertiary/aromatic N) is 5. The summed E-state index contributed by atoms with van der Waals surface area (Å²) < 4.78 is 13.8. The Morgan fingerprint density at radius 1 is 1.11 bits per heavy atom. The van der Waals surface area contributed by atoms with E-state index in [0.29, 0.717) is 25.6 Å². The molecule has 0 radical (unpaired) electrons. The molecule has 8 nitrogen and oxygen atoms in total. The third-order valence-corrected chi connectivity index (χ3v) is 7.23. The van der Waals surface area contributed by atoms with E-state index in [-0.39, 0.29) is 6.09 Å². The summed E-state index contributed by atoms with van der Waals surface area (Å²) in [7, 11) is 1.68. The van der Waals surface area contributed by atoms with E-state index in [1.54, 1.807) is 7.11 Å². The lowest BCUT2D eigenvalue weighted by Gasteiger charge is -2.37. The van der Waals surface area contributed by atoms with E-state index < -0.39 is 5.60 Å². The largest absolute Gasteiger partial charge is 0.497 e. The van der Waals surface area contributed by atoms with Gasteiger partial charge in [-0.05, 0) is 85.4 Å². The third kappa shape index (κ3) is 5.19. The van der Waals surface area contributed by atoms with Crippen LogP contribution in [-0.4, -0.2) is 64.6 Å². The Kier molecular flexibility index (Phi) is 6.54. The topological polar surface area (TPSA) is 72.7 Å².